The first-order chi connectivity index (χ1) is 10.3. The third-order valence-electron chi connectivity index (χ3n) is 4.45. The van der Waals surface area contributed by atoms with Crippen molar-refractivity contribution in [2.75, 3.05) is 18.4 Å². The highest BCUT2D eigenvalue weighted by atomic mass is 35.5. The molecule has 0 radical (unpaired) electrons. The number of fused-ring (bicyclic) bond motifs is 1. The monoisotopic (exact) mass is 302 g/mol. The van der Waals surface area contributed by atoms with Gasteiger partial charge in [-0.2, -0.15) is 0 Å². The van der Waals surface area contributed by atoms with Crippen LogP contribution in [0.4, 0.5) is 5.82 Å². The Kier molecular flexibility index (Phi) is 3.43. The second-order valence-corrected chi connectivity index (χ2v) is 6.51. The second kappa shape index (κ2) is 5.43. The number of halogens is 1. The van der Waals surface area contributed by atoms with Crippen molar-refractivity contribution in [2.45, 2.75) is 37.8 Å². The van der Waals surface area contributed by atoms with Gasteiger partial charge in [-0.05, 0) is 43.9 Å². The Morgan fingerprint density at radius 1 is 1.10 bits per heavy atom. The highest BCUT2D eigenvalue weighted by Gasteiger charge is 2.31. The van der Waals surface area contributed by atoms with Gasteiger partial charge >= 0.3 is 0 Å². The van der Waals surface area contributed by atoms with Crippen molar-refractivity contribution in [3.63, 3.8) is 0 Å². The third-order valence-corrected chi connectivity index (χ3v) is 4.68. The van der Waals surface area contributed by atoms with Gasteiger partial charge < -0.3 is 10.2 Å². The average molecular weight is 303 g/mol. The lowest BCUT2D eigenvalue weighted by atomic mass is 10.1. The number of nitrogens with one attached hydrogen (secondary N) is 1. The van der Waals surface area contributed by atoms with Crippen LogP contribution in [0.25, 0.3) is 11.0 Å². The van der Waals surface area contributed by atoms with E-state index in [1.54, 1.807) is 0 Å². The molecule has 0 atom stereocenters. The largest absolute Gasteiger partial charge is 0.366 e. The van der Waals surface area contributed by atoms with E-state index >= 15 is 0 Å². The topological polar surface area (TPSA) is 41.1 Å². The van der Waals surface area contributed by atoms with Crippen molar-refractivity contribution in [2.24, 2.45) is 0 Å². The minimum atomic E-state index is 0.513. The van der Waals surface area contributed by atoms with Crippen LogP contribution < -0.4 is 5.32 Å². The summed E-state index contributed by atoms with van der Waals surface area (Å²) >= 11 is 5.97. The highest BCUT2D eigenvalue weighted by Crippen LogP contribution is 2.29. The summed E-state index contributed by atoms with van der Waals surface area (Å²) < 4.78 is 0. The lowest BCUT2D eigenvalue weighted by Crippen LogP contribution is -2.40. The summed E-state index contributed by atoms with van der Waals surface area (Å²) in [6, 6.07) is 7.03. The molecule has 4 rings (SSSR count). The molecule has 2 heterocycles. The van der Waals surface area contributed by atoms with Gasteiger partial charge in [-0.25, -0.2) is 4.98 Å². The number of benzene rings is 1. The quantitative estimate of drug-likeness (QED) is 0.944. The van der Waals surface area contributed by atoms with Crippen molar-refractivity contribution in [1.82, 2.24) is 14.9 Å². The number of anilines is 1. The van der Waals surface area contributed by atoms with E-state index in [2.05, 4.69) is 20.2 Å². The minimum Gasteiger partial charge on any atom is -0.366 e. The smallest absolute Gasteiger partial charge is 0.145 e. The molecular formula is C16H19ClN4. The molecule has 2 aliphatic rings. The van der Waals surface area contributed by atoms with Crippen LogP contribution in [-0.2, 0) is 0 Å². The molecule has 0 unspecified atom stereocenters. The summed E-state index contributed by atoms with van der Waals surface area (Å²) in [7, 11) is 0. The maximum atomic E-state index is 5.97. The van der Waals surface area contributed by atoms with Crippen LogP contribution in [-0.4, -0.2) is 40.0 Å². The Balaban J connectivity index is 1.43. The van der Waals surface area contributed by atoms with Crippen LogP contribution in [0.15, 0.2) is 24.4 Å². The van der Waals surface area contributed by atoms with Crippen LogP contribution in [0.5, 0.6) is 0 Å². The average Bonchev–Trinajstić information content (AvgIpc) is 3.33. The van der Waals surface area contributed by atoms with E-state index in [0.717, 1.165) is 22.9 Å². The molecule has 1 saturated carbocycles. The molecule has 1 saturated heterocycles. The van der Waals surface area contributed by atoms with Gasteiger partial charge in [0.15, 0.2) is 0 Å². The maximum Gasteiger partial charge on any atom is 0.145 e. The summed E-state index contributed by atoms with van der Waals surface area (Å²) in [5.74, 6) is 0.870. The molecule has 1 aliphatic carbocycles. The molecule has 4 nitrogen and oxygen atoms in total. The molecule has 110 valence electrons. The Morgan fingerprint density at radius 3 is 2.67 bits per heavy atom. The number of aromatic nitrogens is 2. The third kappa shape index (κ3) is 2.97. The first kappa shape index (κ1) is 13.3. The highest BCUT2D eigenvalue weighted by molar-refractivity contribution is 6.31. The Labute approximate surface area is 129 Å². The molecule has 1 aromatic carbocycles. The molecule has 1 aliphatic heterocycles. The molecule has 21 heavy (non-hydrogen) atoms. The summed E-state index contributed by atoms with van der Waals surface area (Å²) in [4.78, 5) is 11.7. The van der Waals surface area contributed by atoms with Crippen molar-refractivity contribution in [1.29, 1.82) is 0 Å². The molecule has 1 aromatic heterocycles. The molecule has 0 spiro atoms. The van der Waals surface area contributed by atoms with Crippen LogP contribution >= 0.6 is 11.6 Å². The first-order valence-electron chi connectivity index (χ1n) is 7.71. The number of likely N-dealkylation sites (tertiary alicyclic amines) is 1. The van der Waals surface area contributed by atoms with E-state index in [1.807, 2.05) is 24.4 Å². The molecule has 2 fully saturated rings. The molecule has 1 N–H and O–H groups in total. The molecule has 2 aromatic rings. The predicted octanol–water partition coefficient (Wildman–Crippen LogP) is 3.32. The van der Waals surface area contributed by atoms with Gasteiger partial charge in [0.05, 0.1) is 17.2 Å². The molecule has 0 amide bonds. The SMILES string of the molecule is Clc1ccc2nc(NC3CCN(C4CC4)CC3)cnc2c1. The van der Waals surface area contributed by atoms with E-state index in [1.165, 1.54) is 38.8 Å². The second-order valence-electron chi connectivity index (χ2n) is 6.07. The van der Waals surface area contributed by atoms with Crippen molar-refractivity contribution >= 4 is 28.5 Å². The first-order valence-corrected chi connectivity index (χ1v) is 8.08. The van der Waals surface area contributed by atoms with Crippen molar-refractivity contribution in [3.8, 4) is 0 Å². The standard InChI is InChI=1S/C16H19ClN4/c17-11-1-4-14-15(9-11)18-10-16(20-14)19-12-5-7-21(8-6-12)13-2-3-13/h1,4,9-10,12-13H,2-3,5-8H2,(H,19,20). The number of hydrogen-bond acceptors (Lipinski definition) is 4. The molecule has 0 bridgehead atoms. The molecule has 5 heteroatoms. The summed E-state index contributed by atoms with van der Waals surface area (Å²) in [5.41, 5.74) is 1.73. The normalized spacial score (nSPS) is 20.8. The Bertz CT molecular complexity index is 648. The number of nitrogens with zero attached hydrogens (tertiary/aromatic N) is 3. The zero-order chi connectivity index (χ0) is 14.2. The van der Waals surface area contributed by atoms with Crippen molar-refractivity contribution in [3.05, 3.63) is 29.4 Å². The number of hydrogen-bond donors (Lipinski definition) is 1. The van der Waals surface area contributed by atoms with Gasteiger partial charge in [0, 0.05) is 30.2 Å². The molecular weight excluding hydrogens is 284 g/mol. The van der Waals surface area contributed by atoms with E-state index in [9.17, 15) is 0 Å². The summed E-state index contributed by atoms with van der Waals surface area (Å²) in [6.45, 7) is 2.41. The summed E-state index contributed by atoms with van der Waals surface area (Å²) in [6.07, 6.45) is 6.99. The van der Waals surface area contributed by atoms with Crippen LogP contribution in [0.3, 0.4) is 0 Å². The minimum absolute atomic E-state index is 0.513. The van der Waals surface area contributed by atoms with E-state index in [0.29, 0.717) is 11.1 Å². The Morgan fingerprint density at radius 2 is 1.90 bits per heavy atom. The predicted molar refractivity (Wildman–Crippen MR) is 85.8 cm³/mol. The van der Waals surface area contributed by atoms with Gasteiger partial charge in [-0.3, -0.25) is 4.98 Å². The lowest BCUT2D eigenvalue weighted by Gasteiger charge is -2.32. The van der Waals surface area contributed by atoms with Crippen LogP contribution in [0, 0.1) is 0 Å². The van der Waals surface area contributed by atoms with Crippen molar-refractivity contribution < 1.29 is 0 Å². The van der Waals surface area contributed by atoms with Crippen LogP contribution in [0.2, 0.25) is 5.02 Å². The lowest BCUT2D eigenvalue weighted by molar-refractivity contribution is 0.210. The zero-order valence-electron chi connectivity index (χ0n) is 11.9. The fourth-order valence-electron chi connectivity index (χ4n) is 3.11. The van der Waals surface area contributed by atoms with Gasteiger partial charge in [-0.1, -0.05) is 11.6 Å². The van der Waals surface area contributed by atoms with Gasteiger partial charge in [0.2, 0.25) is 0 Å². The van der Waals surface area contributed by atoms with E-state index in [-0.39, 0.29) is 0 Å². The summed E-state index contributed by atoms with van der Waals surface area (Å²) in [5, 5.41) is 4.23. The zero-order valence-corrected chi connectivity index (χ0v) is 12.7. The van der Waals surface area contributed by atoms with Gasteiger partial charge in [0.1, 0.15) is 5.82 Å². The van der Waals surface area contributed by atoms with E-state index < -0.39 is 0 Å². The fraction of sp³-hybridized carbons (Fsp3) is 0.500. The fourth-order valence-corrected chi connectivity index (χ4v) is 3.28. The van der Waals surface area contributed by atoms with E-state index in [4.69, 9.17) is 11.6 Å². The maximum absolute atomic E-state index is 5.97. The number of piperidine rings is 1. The van der Waals surface area contributed by atoms with Gasteiger partial charge in [-0.15, -0.1) is 0 Å². The van der Waals surface area contributed by atoms with Crippen LogP contribution in [0.1, 0.15) is 25.7 Å². The number of rotatable bonds is 3. The Hall–Kier alpha value is -1.39. The van der Waals surface area contributed by atoms with Gasteiger partial charge in [0.25, 0.3) is 0 Å².